The Kier molecular flexibility index (Phi) is 3.40. The Balaban J connectivity index is 2.34. The van der Waals surface area contributed by atoms with Gasteiger partial charge < -0.3 is 10.5 Å². The Bertz CT molecular complexity index is 632. The normalized spacial score (nSPS) is 9.83. The van der Waals surface area contributed by atoms with E-state index in [1.54, 1.807) is 30.3 Å². The average Bonchev–Trinajstić information content (AvgIpc) is 2.36. The van der Waals surface area contributed by atoms with Gasteiger partial charge in [0, 0.05) is 10.7 Å². The van der Waals surface area contributed by atoms with Gasteiger partial charge in [0.2, 0.25) is 0 Å². The summed E-state index contributed by atoms with van der Waals surface area (Å²) < 4.78 is 5.65. The lowest BCUT2D eigenvalue weighted by Crippen LogP contribution is -1.92. The molecule has 4 heteroatoms. The van der Waals surface area contributed by atoms with Crippen LogP contribution in [0.1, 0.15) is 11.1 Å². The fraction of sp³-hybridized carbons (Fsp3) is 0.0714. The van der Waals surface area contributed by atoms with E-state index >= 15 is 0 Å². The summed E-state index contributed by atoms with van der Waals surface area (Å²) in [6.45, 7) is 1.90. The van der Waals surface area contributed by atoms with Crippen molar-refractivity contribution >= 4 is 17.3 Å². The second-order valence-corrected chi connectivity index (χ2v) is 4.31. The number of hydrogen-bond acceptors (Lipinski definition) is 3. The zero-order chi connectivity index (χ0) is 13.1. The van der Waals surface area contributed by atoms with E-state index < -0.39 is 0 Å². The summed E-state index contributed by atoms with van der Waals surface area (Å²) in [5.41, 5.74) is 7.77. The van der Waals surface area contributed by atoms with Crippen molar-refractivity contribution in [1.82, 2.24) is 0 Å². The lowest BCUT2D eigenvalue weighted by molar-refractivity contribution is 0.481. The first-order valence-corrected chi connectivity index (χ1v) is 5.71. The molecular weight excluding hydrogens is 248 g/mol. The van der Waals surface area contributed by atoms with Crippen molar-refractivity contribution in [1.29, 1.82) is 5.26 Å². The van der Waals surface area contributed by atoms with Gasteiger partial charge in [-0.25, -0.2) is 0 Å². The van der Waals surface area contributed by atoms with Crippen LogP contribution in [-0.4, -0.2) is 0 Å². The summed E-state index contributed by atoms with van der Waals surface area (Å²) in [7, 11) is 0. The molecule has 0 aliphatic heterocycles. The van der Waals surface area contributed by atoms with Crippen molar-refractivity contribution < 1.29 is 4.74 Å². The summed E-state index contributed by atoms with van der Waals surface area (Å²) in [6, 6.07) is 12.3. The van der Waals surface area contributed by atoms with Crippen molar-refractivity contribution in [3.63, 3.8) is 0 Å². The quantitative estimate of drug-likeness (QED) is 0.831. The van der Waals surface area contributed by atoms with Crippen LogP contribution in [0.3, 0.4) is 0 Å². The van der Waals surface area contributed by atoms with E-state index in [1.165, 1.54) is 0 Å². The van der Waals surface area contributed by atoms with Crippen LogP contribution in [0, 0.1) is 18.3 Å². The smallest absolute Gasteiger partial charge is 0.145 e. The zero-order valence-corrected chi connectivity index (χ0v) is 10.5. The van der Waals surface area contributed by atoms with Crippen molar-refractivity contribution in [2.24, 2.45) is 0 Å². The van der Waals surface area contributed by atoms with Gasteiger partial charge in [-0.2, -0.15) is 5.26 Å². The number of aryl methyl sites for hydroxylation is 1. The minimum absolute atomic E-state index is 0.400. The standard InChI is InChI=1S/C14H11ClN2O/c1-9-6-12(3-4-13(9)17)18-14-5-2-11(15)7-10(14)8-16/h2-7H,17H2,1H3. The molecule has 18 heavy (non-hydrogen) atoms. The molecule has 0 amide bonds. The van der Waals surface area contributed by atoms with Gasteiger partial charge in [-0.05, 0) is 48.9 Å². The van der Waals surface area contributed by atoms with Crippen LogP contribution in [0.2, 0.25) is 5.02 Å². The Morgan fingerprint density at radius 3 is 2.67 bits per heavy atom. The van der Waals surface area contributed by atoms with Gasteiger partial charge >= 0.3 is 0 Å². The maximum Gasteiger partial charge on any atom is 0.145 e. The molecule has 90 valence electrons. The van der Waals surface area contributed by atoms with Crippen molar-refractivity contribution in [3.05, 3.63) is 52.5 Å². The first-order valence-electron chi connectivity index (χ1n) is 5.34. The van der Waals surface area contributed by atoms with E-state index in [0.717, 1.165) is 5.56 Å². The van der Waals surface area contributed by atoms with Crippen LogP contribution in [0.15, 0.2) is 36.4 Å². The molecule has 0 aliphatic carbocycles. The number of nitrogen functional groups attached to an aromatic ring is 1. The minimum Gasteiger partial charge on any atom is -0.456 e. The lowest BCUT2D eigenvalue weighted by Gasteiger charge is -2.09. The molecule has 2 N–H and O–H groups in total. The molecule has 0 bridgehead atoms. The Labute approximate surface area is 110 Å². The number of halogens is 1. The molecule has 0 unspecified atom stereocenters. The molecule has 2 rings (SSSR count). The highest BCUT2D eigenvalue weighted by atomic mass is 35.5. The summed E-state index contributed by atoms with van der Waals surface area (Å²) in [4.78, 5) is 0. The first-order chi connectivity index (χ1) is 8.60. The Hall–Kier alpha value is -2.18. The molecule has 0 aliphatic rings. The van der Waals surface area contributed by atoms with E-state index in [-0.39, 0.29) is 0 Å². The van der Waals surface area contributed by atoms with Gasteiger partial charge in [0.05, 0.1) is 5.56 Å². The van der Waals surface area contributed by atoms with Crippen molar-refractivity contribution in [2.45, 2.75) is 6.92 Å². The molecule has 0 spiro atoms. The van der Waals surface area contributed by atoms with Gasteiger partial charge in [0.1, 0.15) is 17.6 Å². The summed E-state index contributed by atoms with van der Waals surface area (Å²) in [5.74, 6) is 1.12. The zero-order valence-electron chi connectivity index (χ0n) is 9.77. The second-order valence-electron chi connectivity index (χ2n) is 3.87. The highest BCUT2D eigenvalue weighted by molar-refractivity contribution is 6.30. The third kappa shape index (κ3) is 2.55. The van der Waals surface area contributed by atoms with Gasteiger partial charge in [0.15, 0.2) is 0 Å². The highest BCUT2D eigenvalue weighted by Crippen LogP contribution is 2.28. The monoisotopic (exact) mass is 258 g/mol. The van der Waals surface area contributed by atoms with E-state index in [4.69, 9.17) is 27.3 Å². The highest BCUT2D eigenvalue weighted by Gasteiger charge is 2.06. The molecule has 2 aromatic rings. The van der Waals surface area contributed by atoms with Gasteiger partial charge in [0.25, 0.3) is 0 Å². The molecule has 0 radical (unpaired) electrons. The SMILES string of the molecule is Cc1cc(Oc2ccc(Cl)cc2C#N)ccc1N. The minimum atomic E-state index is 0.400. The number of nitriles is 1. The molecule has 0 atom stereocenters. The third-order valence-electron chi connectivity index (χ3n) is 2.53. The van der Waals surface area contributed by atoms with E-state index in [9.17, 15) is 0 Å². The molecular formula is C14H11ClN2O. The van der Waals surface area contributed by atoms with Crippen LogP contribution >= 0.6 is 11.6 Å². The van der Waals surface area contributed by atoms with E-state index in [0.29, 0.717) is 27.8 Å². The summed E-state index contributed by atoms with van der Waals surface area (Å²) >= 11 is 5.82. The molecule has 0 fully saturated rings. The summed E-state index contributed by atoms with van der Waals surface area (Å²) in [6.07, 6.45) is 0. The van der Waals surface area contributed by atoms with Crippen LogP contribution in [-0.2, 0) is 0 Å². The number of nitrogens with two attached hydrogens (primary N) is 1. The molecule has 0 heterocycles. The number of ether oxygens (including phenoxy) is 1. The maximum atomic E-state index is 9.01. The van der Waals surface area contributed by atoms with Gasteiger partial charge in [-0.1, -0.05) is 11.6 Å². The Morgan fingerprint density at radius 2 is 2.00 bits per heavy atom. The van der Waals surface area contributed by atoms with E-state index in [2.05, 4.69) is 0 Å². The average molecular weight is 259 g/mol. The predicted octanol–water partition coefficient (Wildman–Crippen LogP) is 3.89. The fourth-order valence-corrected chi connectivity index (χ4v) is 1.69. The molecule has 0 saturated heterocycles. The Morgan fingerprint density at radius 1 is 1.22 bits per heavy atom. The topological polar surface area (TPSA) is 59.0 Å². The number of benzene rings is 2. The first kappa shape index (κ1) is 12.3. The number of nitrogens with zero attached hydrogens (tertiary/aromatic N) is 1. The molecule has 0 saturated carbocycles. The second kappa shape index (κ2) is 4.99. The fourth-order valence-electron chi connectivity index (χ4n) is 1.52. The number of anilines is 1. The number of hydrogen-bond donors (Lipinski definition) is 1. The summed E-state index contributed by atoms with van der Waals surface area (Å²) in [5, 5.41) is 9.52. The predicted molar refractivity (Wildman–Crippen MR) is 71.8 cm³/mol. The van der Waals surface area contributed by atoms with Crippen LogP contribution in [0.5, 0.6) is 11.5 Å². The van der Waals surface area contributed by atoms with Gasteiger partial charge in [-0.3, -0.25) is 0 Å². The largest absolute Gasteiger partial charge is 0.456 e. The number of rotatable bonds is 2. The van der Waals surface area contributed by atoms with E-state index in [1.807, 2.05) is 19.1 Å². The molecule has 3 nitrogen and oxygen atoms in total. The van der Waals surface area contributed by atoms with Crippen LogP contribution < -0.4 is 10.5 Å². The molecule has 2 aromatic carbocycles. The van der Waals surface area contributed by atoms with Crippen LogP contribution in [0.4, 0.5) is 5.69 Å². The van der Waals surface area contributed by atoms with Gasteiger partial charge in [-0.15, -0.1) is 0 Å². The van der Waals surface area contributed by atoms with Crippen molar-refractivity contribution in [3.8, 4) is 17.6 Å². The lowest BCUT2D eigenvalue weighted by atomic mass is 10.2. The third-order valence-corrected chi connectivity index (χ3v) is 2.77. The maximum absolute atomic E-state index is 9.01. The van der Waals surface area contributed by atoms with Crippen molar-refractivity contribution in [2.75, 3.05) is 5.73 Å². The van der Waals surface area contributed by atoms with Crippen LogP contribution in [0.25, 0.3) is 0 Å². The molecule has 0 aromatic heterocycles.